The van der Waals surface area contributed by atoms with Crippen molar-refractivity contribution in [2.24, 2.45) is 5.92 Å². The van der Waals surface area contributed by atoms with Gasteiger partial charge in [0.2, 0.25) is 0 Å². The molecule has 1 fully saturated rings. The molecule has 1 aliphatic rings. The lowest BCUT2D eigenvalue weighted by atomic mass is 9.92. The van der Waals surface area contributed by atoms with Gasteiger partial charge in [0.25, 0.3) is 0 Å². The van der Waals surface area contributed by atoms with E-state index in [1.54, 1.807) is 20.4 Å². The summed E-state index contributed by atoms with van der Waals surface area (Å²) in [5, 5.41) is 9.45. The second-order valence-electron chi connectivity index (χ2n) is 6.48. The largest absolute Gasteiger partial charge is 0.493 e. The highest BCUT2D eigenvalue weighted by molar-refractivity contribution is 5.70. The summed E-state index contributed by atoms with van der Waals surface area (Å²) in [4.78, 5) is 18.0. The number of hydrogen-bond acceptors (Lipinski definition) is 5. The third-order valence-corrected chi connectivity index (χ3v) is 4.89. The van der Waals surface area contributed by atoms with Crippen molar-refractivity contribution in [3.05, 3.63) is 53.9 Å². The second kappa shape index (κ2) is 8.19. The van der Waals surface area contributed by atoms with Gasteiger partial charge in [0.1, 0.15) is 0 Å². The van der Waals surface area contributed by atoms with Crippen LogP contribution in [0.15, 0.2) is 42.7 Å². The van der Waals surface area contributed by atoms with Gasteiger partial charge in [-0.15, -0.1) is 0 Å². The molecule has 1 aromatic heterocycles. The molecule has 0 aliphatic carbocycles. The van der Waals surface area contributed by atoms with E-state index in [4.69, 9.17) is 9.47 Å². The lowest BCUT2D eigenvalue weighted by Crippen LogP contribution is -2.41. The summed E-state index contributed by atoms with van der Waals surface area (Å²) >= 11 is 0. The quantitative estimate of drug-likeness (QED) is 0.858. The Kier molecular flexibility index (Phi) is 5.73. The number of ether oxygens (including phenoxy) is 2. The highest BCUT2D eigenvalue weighted by Crippen LogP contribution is 2.36. The number of piperidine rings is 1. The smallest absolute Gasteiger partial charge is 0.307 e. The van der Waals surface area contributed by atoms with Crippen molar-refractivity contribution in [1.29, 1.82) is 0 Å². The number of carbonyl (C=O) groups is 1. The molecule has 0 saturated carbocycles. The maximum absolute atomic E-state index is 11.5. The molecule has 1 aliphatic heterocycles. The third kappa shape index (κ3) is 3.80. The van der Waals surface area contributed by atoms with Gasteiger partial charge in [0.15, 0.2) is 11.5 Å². The predicted molar refractivity (Wildman–Crippen MR) is 97.6 cm³/mol. The molecule has 0 radical (unpaired) electrons. The van der Waals surface area contributed by atoms with E-state index in [9.17, 15) is 9.90 Å². The maximum atomic E-state index is 11.5. The predicted octanol–water partition coefficient (Wildman–Crippen LogP) is 2.98. The number of aromatic nitrogens is 1. The van der Waals surface area contributed by atoms with E-state index in [0.29, 0.717) is 18.0 Å². The minimum atomic E-state index is -0.730. The number of carboxylic acids is 1. The van der Waals surface area contributed by atoms with Crippen molar-refractivity contribution in [2.75, 3.05) is 27.3 Å². The number of pyridine rings is 1. The van der Waals surface area contributed by atoms with Crippen LogP contribution in [0.25, 0.3) is 0 Å². The molecule has 6 heteroatoms. The van der Waals surface area contributed by atoms with E-state index in [1.807, 2.05) is 36.5 Å². The molecule has 0 spiro atoms. The van der Waals surface area contributed by atoms with Crippen LogP contribution >= 0.6 is 0 Å². The van der Waals surface area contributed by atoms with Crippen molar-refractivity contribution in [2.45, 2.75) is 18.9 Å². The fourth-order valence-electron chi connectivity index (χ4n) is 3.62. The van der Waals surface area contributed by atoms with E-state index in [0.717, 1.165) is 30.5 Å². The maximum Gasteiger partial charge on any atom is 0.307 e. The molecule has 0 amide bonds. The van der Waals surface area contributed by atoms with Gasteiger partial charge >= 0.3 is 5.97 Å². The molecule has 26 heavy (non-hydrogen) atoms. The number of rotatable bonds is 6. The first-order chi connectivity index (χ1) is 12.6. The second-order valence-corrected chi connectivity index (χ2v) is 6.48. The number of likely N-dealkylation sites (tertiary alicyclic amines) is 1. The average Bonchev–Trinajstić information content (AvgIpc) is 2.69. The minimum Gasteiger partial charge on any atom is -0.493 e. The van der Waals surface area contributed by atoms with Crippen molar-refractivity contribution in [3.8, 4) is 11.5 Å². The molecule has 6 nitrogen and oxygen atoms in total. The van der Waals surface area contributed by atoms with E-state index >= 15 is 0 Å². The molecule has 1 N–H and O–H groups in total. The molecule has 0 bridgehead atoms. The topological polar surface area (TPSA) is 71.9 Å². The summed E-state index contributed by atoms with van der Waals surface area (Å²) in [5.41, 5.74) is 2.06. The Morgan fingerprint density at radius 2 is 2.04 bits per heavy atom. The molecule has 2 atom stereocenters. The van der Waals surface area contributed by atoms with E-state index in [1.165, 1.54) is 0 Å². The molecule has 2 heterocycles. The normalized spacial score (nSPS) is 18.9. The number of carboxylic acid groups (broad SMARTS) is 1. The fraction of sp³-hybridized carbons (Fsp3) is 0.400. The van der Waals surface area contributed by atoms with Crippen LogP contribution in [0.4, 0.5) is 0 Å². The van der Waals surface area contributed by atoms with Crippen LogP contribution in [0.2, 0.25) is 0 Å². The summed E-state index contributed by atoms with van der Waals surface area (Å²) < 4.78 is 10.8. The van der Waals surface area contributed by atoms with Crippen LogP contribution in [0.3, 0.4) is 0 Å². The summed E-state index contributed by atoms with van der Waals surface area (Å²) in [5.74, 6) is 0.254. The number of aliphatic carboxylic acids is 1. The number of methoxy groups -OCH3 is 2. The Labute approximate surface area is 153 Å². The number of hydrogen-bond donors (Lipinski definition) is 1. The molecule has 2 aromatic rings. The van der Waals surface area contributed by atoms with Crippen LogP contribution in [0, 0.1) is 5.92 Å². The van der Waals surface area contributed by atoms with Gasteiger partial charge in [0.05, 0.1) is 26.2 Å². The first-order valence-electron chi connectivity index (χ1n) is 8.72. The monoisotopic (exact) mass is 356 g/mol. The van der Waals surface area contributed by atoms with Gasteiger partial charge in [-0.05, 0) is 48.7 Å². The van der Waals surface area contributed by atoms with E-state index in [2.05, 4.69) is 9.88 Å². The molecule has 2 unspecified atom stereocenters. The van der Waals surface area contributed by atoms with Crippen molar-refractivity contribution in [1.82, 2.24) is 9.88 Å². The average molecular weight is 356 g/mol. The van der Waals surface area contributed by atoms with Crippen LogP contribution in [-0.4, -0.2) is 48.3 Å². The Morgan fingerprint density at radius 3 is 2.69 bits per heavy atom. The fourth-order valence-corrected chi connectivity index (χ4v) is 3.62. The van der Waals surface area contributed by atoms with E-state index in [-0.39, 0.29) is 12.0 Å². The van der Waals surface area contributed by atoms with Crippen molar-refractivity contribution in [3.63, 3.8) is 0 Å². The first-order valence-corrected chi connectivity index (χ1v) is 8.72. The summed E-state index contributed by atoms with van der Waals surface area (Å²) in [6, 6.07) is 9.70. The highest BCUT2D eigenvalue weighted by atomic mass is 16.5. The highest BCUT2D eigenvalue weighted by Gasteiger charge is 2.31. The first kappa shape index (κ1) is 18.2. The van der Waals surface area contributed by atoms with E-state index < -0.39 is 5.97 Å². The zero-order valence-corrected chi connectivity index (χ0v) is 15.1. The zero-order chi connectivity index (χ0) is 18.5. The molecule has 1 saturated heterocycles. The van der Waals surface area contributed by atoms with Gasteiger partial charge in [-0.2, -0.15) is 0 Å². The molecular weight excluding hydrogens is 332 g/mol. The van der Waals surface area contributed by atoms with Crippen LogP contribution < -0.4 is 9.47 Å². The Morgan fingerprint density at radius 1 is 1.23 bits per heavy atom. The molecule has 138 valence electrons. The van der Waals surface area contributed by atoms with Gasteiger partial charge in [0, 0.05) is 18.9 Å². The van der Waals surface area contributed by atoms with Crippen LogP contribution in [0.5, 0.6) is 11.5 Å². The zero-order valence-electron chi connectivity index (χ0n) is 15.1. The Balaban J connectivity index is 2.00. The summed E-state index contributed by atoms with van der Waals surface area (Å²) in [6.45, 7) is 1.36. The molecular formula is C20H24N2O4. The van der Waals surface area contributed by atoms with Gasteiger partial charge < -0.3 is 14.6 Å². The Bertz CT molecular complexity index is 751. The third-order valence-electron chi connectivity index (χ3n) is 4.89. The summed E-state index contributed by atoms with van der Waals surface area (Å²) in [7, 11) is 3.22. The van der Waals surface area contributed by atoms with Crippen LogP contribution in [0.1, 0.15) is 30.0 Å². The Hall–Kier alpha value is -2.60. The number of nitrogens with zero attached hydrogens (tertiary/aromatic N) is 2. The van der Waals surface area contributed by atoms with Gasteiger partial charge in [-0.25, -0.2) is 0 Å². The lowest BCUT2D eigenvalue weighted by Gasteiger charge is -2.37. The van der Waals surface area contributed by atoms with Gasteiger partial charge in [-0.3, -0.25) is 14.7 Å². The summed E-state index contributed by atoms with van der Waals surface area (Å²) in [6.07, 6.45) is 5.16. The van der Waals surface area contributed by atoms with Crippen molar-refractivity contribution >= 4 is 5.97 Å². The van der Waals surface area contributed by atoms with Crippen LogP contribution in [-0.2, 0) is 4.79 Å². The molecule has 1 aromatic carbocycles. The lowest BCUT2D eigenvalue weighted by molar-refractivity contribution is -0.143. The van der Waals surface area contributed by atoms with Gasteiger partial charge in [-0.1, -0.05) is 12.1 Å². The standard InChI is InChI=1S/C20H24N2O4/c1-25-17-8-7-14(11-18(17)26-2)19(15-5-3-9-21-12-15)22-10-4-6-16(13-22)20(23)24/h3,5,7-9,11-12,16,19H,4,6,10,13H2,1-2H3,(H,23,24). The minimum absolute atomic E-state index is 0.0781. The van der Waals surface area contributed by atoms with Crippen molar-refractivity contribution < 1.29 is 19.4 Å². The molecule has 3 rings (SSSR count). The number of benzene rings is 1. The SMILES string of the molecule is COc1ccc(C(c2cccnc2)N2CCCC(C(=O)O)C2)cc1OC.